The summed E-state index contributed by atoms with van der Waals surface area (Å²) in [5.41, 5.74) is 1.55. The Kier molecular flexibility index (Phi) is 4.65. The first-order chi connectivity index (χ1) is 13.2. The quantitative estimate of drug-likeness (QED) is 0.695. The van der Waals surface area contributed by atoms with Crippen molar-refractivity contribution in [2.45, 2.75) is 0 Å². The van der Waals surface area contributed by atoms with E-state index in [2.05, 4.69) is 16.3 Å². The monoisotopic (exact) mass is 382 g/mol. The lowest BCUT2D eigenvalue weighted by Gasteiger charge is -2.36. The standard InChI is InChI=1S/C19H16ClFN6/c20-14-4-3-5-15(12-14)27-23-17(13-22)19(24-27)26-10-8-25(9-11-26)18-7-2-1-6-16(18)21/h1-7,12H,8-11H2. The Morgan fingerprint density at radius 3 is 2.41 bits per heavy atom. The van der Waals surface area contributed by atoms with Crippen molar-refractivity contribution in [3.05, 3.63) is 65.1 Å². The lowest BCUT2D eigenvalue weighted by molar-refractivity contribution is 0.595. The molecule has 2 aromatic carbocycles. The first kappa shape index (κ1) is 17.3. The van der Waals surface area contributed by atoms with Gasteiger partial charge in [-0.2, -0.15) is 5.26 Å². The van der Waals surface area contributed by atoms with Crippen molar-refractivity contribution in [1.82, 2.24) is 15.0 Å². The van der Waals surface area contributed by atoms with Gasteiger partial charge in [0, 0.05) is 31.2 Å². The summed E-state index contributed by atoms with van der Waals surface area (Å²) >= 11 is 6.03. The average Bonchev–Trinajstić information content (AvgIpc) is 3.13. The predicted molar refractivity (Wildman–Crippen MR) is 102 cm³/mol. The minimum Gasteiger partial charge on any atom is -0.366 e. The topological polar surface area (TPSA) is 61.0 Å². The third-order valence-electron chi connectivity index (χ3n) is 4.51. The second-order valence-corrected chi connectivity index (χ2v) is 6.62. The fourth-order valence-electron chi connectivity index (χ4n) is 3.17. The van der Waals surface area contributed by atoms with Crippen molar-refractivity contribution in [1.29, 1.82) is 5.26 Å². The van der Waals surface area contributed by atoms with Crippen LogP contribution in [0.15, 0.2) is 48.5 Å². The molecule has 1 aliphatic rings. The molecule has 1 aromatic heterocycles. The summed E-state index contributed by atoms with van der Waals surface area (Å²) in [5, 5.41) is 18.8. The van der Waals surface area contributed by atoms with Gasteiger partial charge in [-0.05, 0) is 30.3 Å². The number of hydrogen-bond acceptors (Lipinski definition) is 5. The van der Waals surface area contributed by atoms with Gasteiger partial charge < -0.3 is 9.80 Å². The Hall–Kier alpha value is -3.11. The molecule has 1 saturated heterocycles. The highest BCUT2D eigenvalue weighted by Gasteiger charge is 2.24. The van der Waals surface area contributed by atoms with E-state index in [-0.39, 0.29) is 11.5 Å². The predicted octanol–water partition coefficient (Wildman–Crippen LogP) is 3.26. The van der Waals surface area contributed by atoms with Gasteiger partial charge in [0.25, 0.3) is 0 Å². The highest BCUT2D eigenvalue weighted by Crippen LogP contribution is 2.24. The molecule has 0 aliphatic carbocycles. The van der Waals surface area contributed by atoms with Crippen LogP contribution < -0.4 is 9.80 Å². The van der Waals surface area contributed by atoms with Crippen molar-refractivity contribution in [3.63, 3.8) is 0 Å². The number of nitrogens with zero attached hydrogens (tertiary/aromatic N) is 6. The molecule has 0 spiro atoms. The second kappa shape index (κ2) is 7.25. The molecule has 8 heteroatoms. The molecule has 0 unspecified atom stereocenters. The van der Waals surface area contributed by atoms with Crippen LogP contribution in [0.4, 0.5) is 15.9 Å². The minimum atomic E-state index is -0.226. The fraction of sp³-hybridized carbons (Fsp3) is 0.211. The van der Waals surface area contributed by atoms with Crippen molar-refractivity contribution in [2.24, 2.45) is 0 Å². The van der Waals surface area contributed by atoms with Crippen LogP contribution in [0.1, 0.15) is 5.69 Å². The van der Waals surface area contributed by atoms with Gasteiger partial charge in [0.15, 0.2) is 5.82 Å². The zero-order valence-electron chi connectivity index (χ0n) is 14.4. The number of benzene rings is 2. The minimum absolute atomic E-state index is 0.226. The summed E-state index contributed by atoms with van der Waals surface area (Å²) < 4.78 is 14.0. The van der Waals surface area contributed by atoms with Crippen LogP contribution in [0.3, 0.4) is 0 Å². The fourth-order valence-corrected chi connectivity index (χ4v) is 3.35. The average molecular weight is 383 g/mol. The number of halogens is 2. The number of para-hydroxylation sites is 1. The van der Waals surface area contributed by atoms with E-state index in [9.17, 15) is 9.65 Å². The number of rotatable bonds is 3. The number of hydrogen-bond donors (Lipinski definition) is 0. The summed E-state index contributed by atoms with van der Waals surface area (Å²) in [7, 11) is 0. The van der Waals surface area contributed by atoms with Gasteiger partial charge in [-0.25, -0.2) is 4.39 Å². The van der Waals surface area contributed by atoms with E-state index in [0.717, 1.165) is 0 Å². The normalized spacial score (nSPS) is 14.3. The van der Waals surface area contributed by atoms with E-state index in [4.69, 9.17) is 11.6 Å². The summed E-state index contributed by atoms with van der Waals surface area (Å²) in [6.07, 6.45) is 0. The molecule has 0 atom stereocenters. The molecule has 2 heterocycles. The van der Waals surface area contributed by atoms with Crippen LogP contribution in [0.5, 0.6) is 0 Å². The highest BCUT2D eigenvalue weighted by atomic mass is 35.5. The number of nitriles is 1. The van der Waals surface area contributed by atoms with Crippen LogP contribution in [0.25, 0.3) is 5.69 Å². The molecule has 0 bridgehead atoms. The van der Waals surface area contributed by atoms with E-state index < -0.39 is 0 Å². The van der Waals surface area contributed by atoms with E-state index in [1.807, 2.05) is 21.9 Å². The van der Waals surface area contributed by atoms with Gasteiger partial charge in [-0.3, -0.25) is 0 Å². The molecule has 6 nitrogen and oxygen atoms in total. The lowest BCUT2D eigenvalue weighted by atomic mass is 10.2. The van der Waals surface area contributed by atoms with Crippen molar-refractivity contribution >= 4 is 23.1 Å². The maximum Gasteiger partial charge on any atom is 0.207 e. The van der Waals surface area contributed by atoms with Gasteiger partial charge in [-0.15, -0.1) is 15.0 Å². The van der Waals surface area contributed by atoms with Crippen molar-refractivity contribution in [2.75, 3.05) is 36.0 Å². The maximum atomic E-state index is 14.0. The molecule has 0 amide bonds. The van der Waals surface area contributed by atoms with Crippen molar-refractivity contribution in [3.8, 4) is 11.8 Å². The van der Waals surface area contributed by atoms with Crippen molar-refractivity contribution < 1.29 is 4.39 Å². The van der Waals surface area contributed by atoms with Crippen LogP contribution in [-0.4, -0.2) is 41.2 Å². The molecule has 1 aliphatic heterocycles. The van der Waals surface area contributed by atoms with Crippen LogP contribution in [0.2, 0.25) is 5.02 Å². The van der Waals surface area contributed by atoms with Gasteiger partial charge in [-0.1, -0.05) is 29.8 Å². The Bertz CT molecular complexity index is 1000. The second-order valence-electron chi connectivity index (χ2n) is 6.18. The Morgan fingerprint density at radius 2 is 1.70 bits per heavy atom. The smallest absolute Gasteiger partial charge is 0.207 e. The van der Waals surface area contributed by atoms with Gasteiger partial charge in [0.1, 0.15) is 11.9 Å². The van der Waals surface area contributed by atoms with E-state index in [1.54, 1.807) is 30.3 Å². The third kappa shape index (κ3) is 3.44. The van der Waals surface area contributed by atoms with Crippen LogP contribution in [-0.2, 0) is 0 Å². The molecule has 0 radical (unpaired) electrons. The Balaban J connectivity index is 1.55. The number of aromatic nitrogens is 3. The van der Waals surface area contributed by atoms with E-state index in [1.165, 1.54) is 10.9 Å². The van der Waals surface area contributed by atoms with Gasteiger partial charge >= 0.3 is 0 Å². The Labute approximate surface area is 161 Å². The van der Waals surface area contributed by atoms with E-state index >= 15 is 0 Å². The third-order valence-corrected chi connectivity index (χ3v) is 4.75. The van der Waals surface area contributed by atoms with Gasteiger partial charge in [0.2, 0.25) is 5.69 Å². The molecule has 3 aromatic rings. The number of piperazine rings is 1. The summed E-state index contributed by atoms with van der Waals surface area (Å²) in [4.78, 5) is 5.42. The molecule has 4 rings (SSSR count). The molecular formula is C19H16ClFN6. The summed E-state index contributed by atoms with van der Waals surface area (Å²) in [6.45, 7) is 2.51. The van der Waals surface area contributed by atoms with Gasteiger partial charge in [0.05, 0.1) is 11.4 Å². The van der Waals surface area contributed by atoms with Crippen LogP contribution in [0, 0.1) is 17.1 Å². The zero-order chi connectivity index (χ0) is 18.8. The molecule has 27 heavy (non-hydrogen) atoms. The molecule has 0 N–H and O–H groups in total. The molecular weight excluding hydrogens is 367 g/mol. The maximum absolute atomic E-state index is 14.0. The molecule has 136 valence electrons. The summed E-state index contributed by atoms with van der Waals surface area (Å²) in [6, 6.07) is 16.0. The first-order valence-corrected chi connectivity index (χ1v) is 8.91. The first-order valence-electron chi connectivity index (χ1n) is 8.53. The Morgan fingerprint density at radius 1 is 0.963 bits per heavy atom. The molecule has 1 fully saturated rings. The SMILES string of the molecule is N#Cc1nn(-c2cccc(Cl)c2)nc1N1CCN(c2ccccc2F)CC1. The largest absolute Gasteiger partial charge is 0.366 e. The highest BCUT2D eigenvalue weighted by molar-refractivity contribution is 6.30. The summed E-state index contributed by atoms with van der Waals surface area (Å²) in [5.74, 6) is 0.307. The van der Waals surface area contributed by atoms with E-state index in [0.29, 0.717) is 48.4 Å². The zero-order valence-corrected chi connectivity index (χ0v) is 15.1. The molecule has 0 saturated carbocycles. The van der Waals surface area contributed by atoms with Crippen LogP contribution >= 0.6 is 11.6 Å². The number of anilines is 2. The lowest BCUT2D eigenvalue weighted by Crippen LogP contribution is -2.47.